The molecule has 1 aromatic rings. The van der Waals surface area contributed by atoms with E-state index in [1.54, 1.807) is 13.2 Å². The number of benzene rings is 1. The number of rotatable bonds is 7. The summed E-state index contributed by atoms with van der Waals surface area (Å²) in [7, 11) is 5.97. The highest BCUT2D eigenvalue weighted by molar-refractivity contribution is 5.69. The highest BCUT2D eigenvalue weighted by atomic mass is 16.5. The zero-order valence-corrected chi connectivity index (χ0v) is 12.3. The van der Waals surface area contributed by atoms with E-state index in [-0.39, 0.29) is 18.4 Å². The molecule has 0 spiro atoms. The predicted octanol–water partition coefficient (Wildman–Crippen LogP) is 1.67. The summed E-state index contributed by atoms with van der Waals surface area (Å²) in [6.07, 6.45) is 0.702. The number of hydrogen-bond donors (Lipinski definition) is 1. The van der Waals surface area contributed by atoms with Gasteiger partial charge < -0.3 is 24.7 Å². The molecule has 112 valence electrons. The van der Waals surface area contributed by atoms with Gasteiger partial charge in [0.25, 0.3) is 0 Å². The van der Waals surface area contributed by atoms with Crippen LogP contribution < -0.4 is 19.9 Å². The Morgan fingerprint density at radius 3 is 2.25 bits per heavy atom. The van der Waals surface area contributed by atoms with Crippen molar-refractivity contribution in [1.29, 1.82) is 0 Å². The molecule has 0 saturated carbocycles. The van der Waals surface area contributed by atoms with Crippen molar-refractivity contribution in [2.45, 2.75) is 18.9 Å². The third kappa shape index (κ3) is 3.54. The summed E-state index contributed by atoms with van der Waals surface area (Å²) in [5, 5.41) is 0. The highest BCUT2D eigenvalue weighted by Gasteiger charge is 2.20. The molecule has 0 amide bonds. The fourth-order valence-corrected chi connectivity index (χ4v) is 1.95. The average Bonchev–Trinajstić information content (AvgIpc) is 2.50. The van der Waals surface area contributed by atoms with Crippen molar-refractivity contribution in [2.75, 3.05) is 28.4 Å². The summed E-state index contributed by atoms with van der Waals surface area (Å²) in [6, 6.07) is 3.21. The largest absolute Gasteiger partial charge is 0.493 e. The normalized spacial score (nSPS) is 11.7. The second-order valence-electron chi connectivity index (χ2n) is 4.14. The van der Waals surface area contributed by atoms with Crippen molar-refractivity contribution in [2.24, 2.45) is 5.73 Å². The van der Waals surface area contributed by atoms with Crippen molar-refractivity contribution in [3.05, 3.63) is 17.7 Å². The molecule has 0 fully saturated rings. The molecule has 1 unspecified atom stereocenters. The lowest BCUT2D eigenvalue weighted by Crippen LogP contribution is -2.14. The molecule has 1 rings (SSSR count). The van der Waals surface area contributed by atoms with Gasteiger partial charge in [-0.2, -0.15) is 0 Å². The van der Waals surface area contributed by atoms with Crippen LogP contribution in [-0.2, 0) is 9.53 Å². The minimum absolute atomic E-state index is 0.245. The Morgan fingerprint density at radius 2 is 1.75 bits per heavy atom. The molecule has 0 aliphatic heterocycles. The van der Waals surface area contributed by atoms with Crippen LogP contribution in [0.25, 0.3) is 0 Å². The molecule has 20 heavy (non-hydrogen) atoms. The number of carbonyl (C=O) groups excluding carboxylic acids is 1. The maximum atomic E-state index is 11.2. The number of methoxy groups -OCH3 is 4. The Labute approximate surface area is 118 Å². The first-order chi connectivity index (χ1) is 9.58. The maximum absolute atomic E-state index is 11.2. The monoisotopic (exact) mass is 283 g/mol. The van der Waals surface area contributed by atoms with E-state index in [1.807, 2.05) is 6.07 Å². The van der Waals surface area contributed by atoms with Crippen LogP contribution in [-0.4, -0.2) is 34.4 Å². The number of esters is 1. The SMILES string of the molecule is COC(=O)CCC(N)c1ccc(OC)c(OC)c1OC. The third-order valence-electron chi connectivity index (χ3n) is 3.02. The molecule has 6 nitrogen and oxygen atoms in total. The van der Waals surface area contributed by atoms with Gasteiger partial charge in [0, 0.05) is 18.0 Å². The highest BCUT2D eigenvalue weighted by Crippen LogP contribution is 2.42. The molecule has 0 heterocycles. The summed E-state index contributed by atoms with van der Waals surface area (Å²) >= 11 is 0. The standard InChI is InChI=1S/C14H21NO5/c1-17-11-7-5-9(13(19-3)14(11)20-4)10(15)6-8-12(16)18-2/h5,7,10H,6,8,15H2,1-4H3. The van der Waals surface area contributed by atoms with E-state index in [4.69, 9.17) is 19.9 Å². The van der Waals surface area contributed by atoms with E-state index in [9.17, 15) is 4.79 Å². The Kier molecular flexibility index (Phi) is 6.11. The Morgan fingerprint density at radius 1 is 1.10 bits per heavy atom. The van der Waals surface area contributed by atoms with Crippen molar-refractivity contribution in [3.63, 3.8) is 0 Å². The molecule has 0 bridgehead atoms. The lowest BCUT2D eigenvalue weighted by atomic mass is 10.0. The second kappa shape index (κ2) is 7.59. The first-order valence-electron chi connectivity index (χ1n) is 6.20. The van der Waals surface area contributed by atoms with Gasteiger partial charge >= 0.3 is 5.97 Å². The van der Waals surface area contributed by atoms with Gasteiger partial charge in [-0.25, -0.2) is 0 Å². The quantitative estimate of drug-likeness (QED) is 0.767. The summed E-state index contributed by atoms with van der Waals surface area (Å²) in [6.45, 7) is 0. The first kappa shape index (κ1) is 16.1. The van der Waals surface area contributed by atoms with E-state index in [2.05, 4.69) is 4.74 Å². The van der Waals surface area contributed by atoms with Gasteiger partial charge in [0.05, 0.1) is 28.4 Å². The van der Waals surface area contributed by atoms with Crippen molar-refractivity contribution >= 4 is 5.97 Å². The van der Waals surface area contributed by atoms with E-state index < -0.39 is 0 Å². The Hall–Kier alpha value is -1.95. The summed E-state index contributed by atoms with van der Waals surface area (Å²) in [5.41, 5.74) is 6.86. The van der Waals surface area contributed by atoms with Gasteiger partial charge in [-0.3, -0.25) is 4.79 Å². The van der Waals surface area contributed by atoms with Crippen LogP contribution in [0.5, 0.6) is 17.2 Å². The van der Waals surface area contributed by atoms with Gasteiger partial charge in [0.15, 0.2) is 11.5 Å². The van der Waals surface area contributed by atoms with Crippen LogP contribution in [0.3, 0.4) is 0 Å². The molecule has 6 heteroatoms. The van der Waals surface area contributed by atoms with Crippen LogP contribution in [0.2, 0.25) is 0 Å². The van der Waals surface area contributed by atoms with Crippen LogP contribution in [0.15, 0.2) is 12.1 Å². The number of carbonyl (C=O) groups is 1. The lowest BCUT2D eigenvalue weighted by molar-refractivity contribution is -0.140. The molecular weight excluding hydrogens is 262 g/mol. The van der Waals surface area contributed by atoms with Crippen LogP contribution >= 0.6 is 0 Å². The number of hydrogen-bond acceptors (Lipinski definition) is 6. The second-order valence-corrected chi connectivity index (χ2v) is 4.14. The minimum Gasteiger partial charge on any atom is -0.493 e. The summed E-state index contributed by atoms with van der Waals surface area (Å²) < 4.78 is 20.5. The molecule has 0 aromatic heterocycles. The predicted molar refractivity (Wildman–Crippen MR) is 74.3 cm³/mol. The van der Waals surface area contributed by atoms with Gasteiger partial charge in [-0.1, -0.05) is 0 Å². The lowest BCUT2D eigenvalue weighted by Gasteiger charge is -2.19. The van der Waals surface area contributed by atoms with Gasteiger partial charge in [-0.05, 0) is 18.6 Å². The Bertz CT molecular complexity index is 461. The van der Waals surface area contributed by atoms with E-state index in [0.29, 0.717) is 23.7 Å². The molecule has 1 atom stereocenters. The maximum Gasteiger partial charge on any atom is 0.305 e. The molecule has 0 aliphatic carbocycles. The van der Waals surface area contributed by atoms with Crippen molar-refractivity contribution < 1.29 is 23.7 Å². The molecule has 0 radical (unpaired) electrons. The average molecular weight is 283 g/mol. The summed E-state index contributed by atoms with van der Waals surface area (Å²) in [5.74, 6) is 1.28. The fourth-order valence-electron chi connectivity index (χ4n) is 1.95. The fraction of sp³-hybridized carbons (Fsp3) is 0.500. The van der Waals surface area contributed by atoms with E-state index >= 15 is 0 Å². The zero-order valence-electron chi connectivity index (χ0n) is 12.3. The van der Waals surface area contributed by atoms with Crippen LogP contribution in [0.1, 0.15) is 24.4 Å². The first-order valence-corrected chi connectivity index (χ1v) is 6.20. The smallest absolute Gasteiger partial charge is 0.305 e. The van der Waals surface area contributed by atoms with Crippen LogP contribution in [0.4, 0.5) is 0 Å². The molecule has 0 saturated heterocycles. The van der Waals surface area contributed by atoms with E-state index in [1.165, 1.54) is 21.3 Å². The minimum atomic E-state index is -0.358. The molecule has 0 aliphatic rings. The molecule has 2 N–H and O–H groups in total. The molecule has 1 aromatic carbocycles. The van der Waals surface area contributed by atoms with Crippen LogP contribution in [0, 0.1) is 0 Å². The van der Waals surface area contributed by atoms with Crippen molar-refractivity contribution in [3.8, 4) is 17.2 Å². The third-order valence-corrected chi connectivity index (χ3v) is 3.02. The Balaban J connectivity index is 3.02. The number of nitrogens with two attached hydrogens (primary N) is 1. The number of ether oxygens (including phenoxy) is 4. The summed E-state index contributed by atoms with van der Waals surface area (Å²) in [4.78, 5) is 11.2. The zero-order chi connectivity index (χ0) is 15.1. The topological polar surface area (TPSA) is 80.0 Å². The van der Waals surface area contributed by atoms with Gasteiger partial charge in [0.1, 0.15) is 0 Å². The van der Waals surface area contributed by atoms with Crippen molar-refractivity contribution in [1.82, 2.24) is 0 Å². The van der Waals surface area contributed by atoms with Gasteiger partial charge in [-0.15, -0.1) is 0 Å². The van der Waals surface area contributed by atoms with Gasteiger partial charge in [0.2, 0.25) is 5.75 Å². The van der Waals surface area contributed by atoms with E-state index in [0.717, 1.165) is 5.56 Å². The molecular formula is C14H21NO5.